The van der Waals surface area contributed by atoms with Gasteiger partial charge in [-0.25, -0.2) is 9.18 Å². The molecular weight excluding hydrogens is 477 g/mol. The van der Waals surface area contributed by atoms with Crippen LogP contribution < -0.4 is 10.1 Å². The van der Waals surface area contributed by atoms with Crippen molar-refractivity contribution in [2.24, 2.45) is 0 Å². The van der Waals surface area contributed by atoms with Crippen LogP contribution in [0.4, 0.5) is 10.1 Å². The largest absolute Gasteiger partial charge is 0.496 e. The lowest BCUT2D eigenvalue weighted by molar-refractivity contribution is 0.0473. The predicted octanol–water partition coefficient (Wildman–Crippen LogP) is 8.13. The highest BCUT2D eigenvalue weighted by Gasteiger charge is 2.27. The third-order valence-electron chi connectivity index (χ3n) is 6.77. The molecular formula is C33H30FNO3. The molecule has 0 aliphatic carbocycles. The van der Waals surface area contributed by atoms with E-state index in [1.165, 1.54) is 19.2 Å². The molecule has 0 aromatic heterocycles. The number of carbonyl (C=O) groups excluding carboxylic acids is 1. The summed E-state index contributed by atoms with van der Waals surface area (Å²) >= 11 is 0. The molecule has 0 unspecified atom stereocenters. The minimum atomic E-state index is -0.412. The maximum absolute atomic E-state index is 14.0. The summed E-state index contributed by atoms with van der Waals surface area (Å²) in [5, 5.41) is 3.56. The number of carbonyl (C=O) groups is 1. The average Bonchev–Trinajstić information content (AvgIpc) is 2.91. The Bertz CT molecular complexity index is 1520. The number of hydrogen-bond donors (Lipinski definition) is 1. The second kappa shape index (κ2) is 10.2. The van der Waals surface area contributed by atoms with Crippen LogP contribution in [0.15, 0.2) is 91.0 Å². The first kappa shape index (κ1) is 25.3. The zero-order valence-corrected chi connectivity index (χ0v) is 22.0. The van der Waals surface area contributed by atoms with E-state index in [-0.39, 0.29) is 18.0 Å². The molecule has 0 bridgehead atoms. The maximum Gasteiger partial charge on any atom is 0.338 e. The van der Waals surface area contributed by atoms with Gasteiger partial charge in [0.25, 0.3) is 0 Å². The highest BCUT2D eigenvalue weighted by atomic mass is 19.1. The van der Waals surface area contributed by atoms with Crippen molar-refractivity contribution in [3.05, 3.63) is 114 Å². The summed E-state index contributed by atoms with van der Waals surface area (Å²) in [6.45, 7) is 6.32. The standard InChI is InChI=1S/C33H30FNO3/c1-21-19-33(2,3)35-29-17-16-26(27-15-14-25(34)18-30(27)37-4)28(31(21)29)20-38-32(36)24-12-10-23(11-13-24)22-8-6-5-7-9-22/h5-19,35H,20H2,1-4H3. The van der Waals surface area contributed by atoms with E-state index in [1.807, 2.05) is 54.6 Å². The van der Waals surface area contributed by atoms with Crippen LogP contribution in [0.1, 0.15) is 42.3 Å². The molecule has 1 aliphatic rings. The molecule has 4 nitrogen and oxygen atoms in total. The number of methoxy groups -OCH3 is 1. The third kappa shape index (κ3) is 5.05. The zero-order chi connectivity index (χ0) is 26.9. The van der Waals surface area contributed by atoms with Crippen LogP contribution in [-0.4, -0.2) is 18.6 Å². The fourth-order valence-electron chi connectivity index (χ4n) is 5.14. The van der Waals surface area contributed by atoms with E-state index in [0.717, 1.165) is 44.6 Å². The first-order chi connectivity index (χ1) is 18.3. The van der Waals surface area contributed by atoms with Crippen molar-refractivity contribution in [2.45, 2.75) is 32.9 Å². The van der Waals surface area contributed by atoms with Gasteiger partial charge in [0.2, 0.25) is 0 Å². The first-order valence-corrected chi connectivity index (χ1v) is 12.6. The predicted molar refractivity (Wildman–Crippen MR) is 151 cm³/mol. The quantitative estimate of drug-likeness (QED) is 0.268. The van der Waals surface area contributed by atoms with E-state index in [0.29, 0.717) is 11.3 Å². The molecule has 4 aromatic carbocycles. The lowest BCUT2D eigenvalue weighted by atomic mass is 9.85. The molecule has 4 aromatic rings. The number of allylic oxidation sites excluding steroid dienone is 1. The summed E-state index contributed by atoms with van der Waals surface area (Å²) in [5.41, 5.74) is 7.75. The number of ether oxygens (including phenoxy) is 2. The minimum Gasteiger partial charge on any atom is -0.496 e. The average molecular weight is 508 g/mol. The number of fused-ring (bicyclic) bond motifs is 1. The van der Waals surface area contributed by atoms with Gasteiger partial charge in [-0.1, -0.05) is 54.6 Å². The fourth-order valence-corrected chi connectivity index (χ4v) is 5.14. The fraction of sp³-hybridized carbons (Fsp3) is 0.182. The molecule has 0 saturated carbocycles. The molecule has 1 N–H and O–H groups in total. The number of anilines is 1. The van der Waals surface area contributed by atoms with E-state index in [1.54, 1.807) is 18.2 Å². The topological polar surface area (TPSA) is 47.6 Å². The van der Waals surface area contributed by atoms with Crippen LogP contribution in [0.3, 0.4) is 0 Å². The Labute approximate surface area is 222 Å². The van der Waals surface area contributed by atoms with Gasteiger partial charge >= 0.3 is 5.97 Å². The lowest BCUT2D eigenvalue weighted by Crippen LogP contribution is -2.32. The molecule has 0 radical (unpaired) electrons. The van der Waals surface area contributed by atoms with Crippen molar-refractivity contribution in [1.82, 2.24) is 0 Å². The molecule has 1 heterocycles. The number of halogens is 1. The summed E-state index contributed by atoms with van der Waals surface area (Å²) in [6.07, 6.45) is 2.16. The Morgan fingerprint density at radius 2 is 1.58 bits per heavy atom. The van der Waals surface area contributed by atoms with Gasteiger partial charge in [-0.3, -0.25) is 0 Å². The summed E-state index contributed by atoms with van der Waals surface area (Å²) in [7, 11) is 1.52. The molecule has 0 spiro atoms. The van der Waals surface area contributed by atoms with Gasteiger partial charge < -0.3 is 14.8 Å². The van der Waals surface area contributed by atoms with Crippen molar-refractivity contribution < 1.29 is 18.7 Å². The zero-order valence-electron chi connectivity index (χ0n) is 22.0. The van der Waals surface area contributed by atoms with Gasteiger partial charge in [0.05, 0.1) is 18.2 Å². The first-order valence-electron chi connectivity index (χ1n) is 12.6. The van der Waals surface area contributed by atoms with Crippen molar-refractivity contribution in [3.8, 4) is 28.0 Å². The minimum absolute atomic E-state index is 0.0472. The van der Waals surface area contributed by atoms with E-state index < -0.39 is 5.97 Å². The number of rotatable bonds is 6. The Morgan fingerprint density at radius 1 is 0.895 bits per heavy atom. The molecule has 5 heteroatoms. The molecule has 38 heavy (non-hydrogen) atoms. The summed E-state index contributed by atoms with van der Waals surface area (Å²) in [5.74, 6) is -0.375. The van der Waals surface area contributed by atoms with Crippen molar-refractivity contribution in [3.63, 3.8) is 0 Å². The van der Waals surface area contributed by atoms with Gasteiger partial charge in [-0.15, -0.1) is 0 Å². The highest BCUT2D eigenvalue weighted by Crippen LogP contribution is 2.42. The van der Waals surface area contributed by atoms with E-state index >= 15 is 0 Å². The second-order valence-electron chi connectivity index (χ2n) is 10.1. The Morgan fingerprint density at radius 3 is 2.29 bits per heavy atom. The molecule has 5 rings (SSSR count). The normalized spacial score (nSPS) is 13.7. The Kier molecular flexibility index (Phi) is 6.77. The van der Waals surface area contributed by atoms with Crippen molar-refractivity contribution in [2.75, 3.05) is 12.4 Å². The summed E-state index contributed by atoms with van der Waals surface area (Å²) < 4.78 is 25.4. The highest BCUT2D eigenvalue weighted by molar-refractivity contribution is 5.91. The molecule has 0 atom stereocenters. The van der Waals surface area contributed by atoms with Crippen LogP contribution in [0.2, 0.25) is 0 Å². The smallest absolute Gasteiger partial charge is 0.338 e. The number of benzene rings is 4. The van der Waals surface area contributed by atoms with E-state index in [2.05, 4.69) is 32.2 Å². The molecule has 0 fully saturated rings. The molecule has 0 saturated heterocycles. The molecule has 0 amide bonds. The third-order valence-corrected chi connectivity index (χ3v) is 6.77. The van der Waals surface area contributed by atoms with Crippen LogP contribution in [-0.2, 0) is 11.3 Å². The molecule has 1 aliphatic heterocycles. The Hall–Kier alpha value is -4.38. The molecule has 192 valence electrons. The van der Waals surface area contributed by atoms with Gasteiger partial charge in [-0.2, -0.15) is 0 Å². The maximum atomic E-state index is 14.0. The van der Waals surface area contributed by atoms with Crippen LogP contribution >= 0.6 is 0 Å². The number of hydrogen-bond acceptors (Lipinski definition) is 4. The van der Waals surface area contributed by atoms with Gasteiger partial charge in [-0.05, 0) is 73.4 Å². The SMILES string of the molecule is COc1cc(F)ccc1-c1ccc2c(c1COC(=O)c1ccc(-c3ccccc3)cc1)C(C)=CC(C)(C)N2. The van der Waals surface area contributed by atoms with Crippen LogP contribution in [0.5, 0.6) is 5.75 Å². The van der Waals surface area contributed by atoms with Crippen molar-refractivity contribution in [1.29, 1.82) is 0 Å². The number of nitrogens with one attached hydrogen (secondary N) is 1. The number of esters is 1. The van der Waals surface area contributed by atoms with Crippen LogP contribution in [0.25, 0.3) is 27.8 Å². The van der Waals surface area contributed by atoms with E-state index in [9.17, 15) is 9.18 Å². The summed E-state index contributed by atoms with van der Waals surface area (Å²) in [4.78, 5) is 13.1. The monoisotopic (exact) mass is 507 g/mol. The summed E-state index contributed by atoms with van der Waals surface area (Å²) in [6, 6.07) is 25.9. The van der Waals surface area contributed by atoms with Gasteiger partial charge in [0.1, 0.15) is 18.2 Å². The lowest BCUT2D eigenvalue weighted by Gasteiger charge is -2.33. The Balaban J connectivity index is 1.50. The van der Waals surface area contributed by atoms with E-state index in [4.69, 9.17) is 9.47 Å². The van der Waals surface area contributed by atoms with Crippen LogP contribution in [0, 0.1) is 5.82 Å². The van der Waals surface area contributed by atoms with Crippen molar-refractivity contribution >= 4 is 17.2 Å². The van der Waals surface area contributed by atoms with Gasteiger partial charge in [0.15, 0.2) is 0 Å². The second-order valence-corrected chi connectivity index (χ2v) is 10.1. The van der Waals surface area contributed by atoms with Gasteiger partial charge in [0, 0.05) is 28.4 Å².